The second-order valence-electron chi connectivity index (χ2n) is 4.29. The SMILES string of the molecule is CNCCc1noc(Cc2ccccc2C(F)(F)F)n1. The highest BCUT2D eigenvalue weighted by Gasteiger charge is 2.33. The van der Waals surface area contributed by atoms with Crippen LogP contribution in [0.3, 0.4) is 0 Å². The van der Waals surface area contributed by atoms with Gasteiger partial charge in [-0.3, -0.25) is 0 Å². The third kappa shape index (κ3) is 3.57. The molecule has 7 heteroatoms. The first-order valence-electron chi connectivity index (χ1n) is 6.12. The maximum atomic E-state index is 12.8. The second-order valence-corrected chi connectivity index (χ2v) is 4.29. The van der Waals surface area contributed by atoms with Gasteiger partial charge in [0.2, 0.25) is 5.89 Å². The number of likely N-dealkylation sites (N-methyl/N-ethyl adjacent to an activating group) is 1. The van der Waals surface area contributed by atoms with E-state index in [9.17, 15) is 13.2 Å². The van der Waals surface area contributed by atoms with Crippen molar-refractivity contribution in [1.29, 1.82) is 0 Å². The average molecular weight is 285 g/mol. The quantitative estimate of drug-likeness (QED) is 0.916. The van der Waals surface area contributed by atoms with Crippen LogP contribution in [-0.4, -0.2) is 23.7 Å². The third-order valence-electron chi connectivity index (χ3n) is 2.77. The van der Waals surface area contributed by atoms with Crippen LogP contribution in [0.4, 0.5) is 13.2 Å². The molecule has 0 bridgehead atoms. The number of aromatic nitrogens is 2. The van der Waals surface area contributed by atoms with E-state index in [-0.39, 0.29) is 17.9 Å². The van der Waals surface area contributed by atoms with E-state index in [0.29, 0.717) is 18.8 Å². The molecular formula is C13H14F3N3O. The van der Waals surface area contributed by atoms with E-state index < -0.39 is 11.7 Å². The molecule has 1 heterocycles. The van der Waals surface area contributed by atoms with Gasteiger partial charge in [-0.25, -0.2) is 0 Å². The minimum Gasteiger partial charge on any atom is -0.339 e. The van der Waals surface area contributed by atoms with E-state index in [1.165, 1.54) is 12.1 Å². The summed E-state index contributed by atoms with van der Waals surface area (Å²) in [6, 6.07) is 5.38. The van der Waals surface area contributed by atoms with E-state index in [2.05, 4.69) is 15.5 Å². The largest absolute Gasteiger partial charge is 0.416 e. The van der Waals surface area contributed by atoms with Crippen molar-refractivity contribution in [2.24, 2.45) is 0 Å². The van der Waals surface area contributed by atoms with Gasteiger partial charge >= 0.3 is 6.18 Å². The molecule has 1 aromatic heterocycles. The molecule has 0 spiro atoms. The van der Waals surface area contributed by atoms with Gasteiger partial charge in [-0.2, -0.15) is 18.2 Å². The normalized spacial score (nSPS) is 11.8. The molecule has 1 N–H and O–H groups in total. The highest BCUT2D eigenvalue weighted by molar-refractivity contribution is 5.31. The number of benzene rings is 1. The lowest BCUT2D eigenvalue weighted by molar-refractivity contribution is -0.138. The summed E-state index contributed by atoms with van der Waals surface area (Å²) in [5.74, 6) is 0.673. The van der Waals surface area contributed by atoms with Gasteiger partial charge < -0.3 is 9.84 Å². The van der Waals surface area contributed by atoms with Gasteiger partial charge in [0, 0.05) is 13.0 Å². The molecule has 0 aliphatic rings. The van der Waals surface area contributed by atoms with Crippen LogP contribution < -0.4 is 5.32 Å². The molecule has 0 unspecified atom stereocenters. The summed E-state index contributed by atoms with van der Waals surface area (Å²) >= 11 is 0. The average Bonchev–Trinajstić information content (AvgIpc) is 2.83. The van der Waals surface area contributed by atoms with Crippen LogP contribution in [0.15, 0.2) is 28.8 Å². The standard InChI is InChI=1S/C13H14F3N3O/c1-17-7-6-11-18-12(20-19-11)8-9-4-2-3-5-10(9)13(14,15)16/h2-5,17H,6-8H2,1H3. The molecular weight excluding hydrogens is 271 g/mol. The predicted octanol–water partition coefficient (Wildman–Crippen LogP) is 2.44. The van der Waals surface area contributed by atoms with Gasteiger partial charge in [-0.15, -0.1) is 0 Å². The lowest BCUT2D eigenvalue weighted by Crippen LogP contribution is -2.11. The molecule has 4 nitrogen and oxygen atoms in total. The van der Waals surface area contributed by atoms with Crippen molar-refractivity contribution in [3.63, 3.8) is 0 Å². The van der Waals surface area contributed by atoms with Crippen molar-refractivity contribution in [2.45, 2.75) is 19.0 Å². The Morgan fingerprint density at radius 1 is 1.25 bits per heavy atom. The summed E-state index contributed by atoms with van der Waals surface area (Å²) in [4.78, 5) is 4.08. The maximum Gasteiger partial charge on any atom is 0.416 e. The van der Waals surface area contributed by atoms with Crippen LogP contribution in [0.2, 0.25) is 0 Å². The zero-order chi connectivity index (χ0) is 14.6. The van der Waals surface area contributed by atoms with Gasteiger partial charge in [0.1, 0.15) is 0 Å². The van der Waals surface area contributed by atoms with Crippen LogP contribution in [0.25, 0.3) is 0 Å². The Bertz CT molecular complexity index is 566. The number of nitrogens with zero attached hydrogens (tertiary/aromatic N) is 2. The number of halogens is 3. The molecule has 0 radical (unpaired) electrons. The Morgan fingerprint density at radius 2 is 2.00 bits per heavy atom. The van der Waals surface area contributed by atoms with Crippen molar-refractivity contribution in [2.75, 3.05) is 13.6 Å². The molecule has 1 aromatic carbocycles. The lowest BCUT2D eigenvalue weighted by Gasteiger charge is -2.10. The Balaban J connectivity index is 2.16. The van der Waals surface area contributed by atoms with Crippen LogP contribution in [0.1, 0.15) is 22.8 Å². The summed E-state index contributed by atoms with van der Waals surface area (Å²) in [6.07, 6.45) is -3.84. The summed E-state index contributed by atoms with van der Waals surface area (Å²) in [5.41, 5.74) is -0.543. The van der Waals surface area contributed by atoms with Crippen LogP contribution in [-0.2, 0) is 19.0 Å². The van der Waals surface area contributed by atoms with Crippen molar-refractivity contribution < 1.29 is 17.7 Å². The summed E-state index contributed by atoms with van der Waals surface area (Å²) in [5, 5.41) is 6.67. The molecule has 20 heavy (non-hydrogen) atoms. The van der Waals surface area contributed by atoms with Crippen LogP contribution in [0.5, 0.6) is 0 Å². The smallest absolute Gasteiger partial charge is 0.339 e. The fourth-order valence-corrected chi connectivity index (χ4v) is 1.81. The van der Waals surface area contributed by atoms with E-state index in [0.717, 1.165) is 6.07 Å². The Morgan fingerprint density at radius 3 is 2.70 bits per heavy atom. The molecule has 0 fully saturated rings. The number of hydrogen-bond donors (Lipinski definition) is 1. The Labute approximate surface area is 114 Å². The third-order valence-corrected chi connectivity index (χ3v) is 2.77. The van der Waals surface area contributed by atoms with E-state index in [1.54, 1.807) is 13.1 Å². The highest BCUT2D eigenvalue weighted by Crippen LogP contribution is 2.32. The Hall–Kier alpha value is -1.89. The number of rotatable bonds is 5. The van der Waals surface area contributed by atoms with E-state index in [4.69, 9.17) is 4.52 Å². The van der Waals surface area contributed by atoms with Gasteiger partial charge in [-0.05, 0) is 18.7 Å². The molecule has 0 aliphatic carbocycles. The van der Waals surface area contributed by atoms with Crippen LogP contribution >= 0.6 is 0 Å². The molecule has 2 aromatic rings. The van der Waals surface area contributed by atoms with Crippen molar-refractivity contribution >= 4 is 0 Å². The lowest BCUT2D eigenvalue weighted by atomic mass is 10.0. The highest BCUT2D eigenvalue weighted by atomic mass is 19.4. The second kappa shape index (κ2) is 6.04. The van der Waals surface area contributed by atoms with Crippen LogP contribution in [0, 0.1) is 0 Å². The molecule has 0 saturated heterocycles. The maximum absolute atomic E-state index is 12.8. The van der Waals surface area contributed by atoms with Gasteiger partial charge in [0.15, 0.2) is 5.82 Å². The zero-order valence-corrected chi connectivity index (χ0v) is 10.9. The first kappa shape index (κ1) is 14.5. The topological polar surface area (TPSA) is 51.0 Å². The minimum absolute atomic E-state index is 0.0256. The first-order chi connectivity index (χ1) is 9.50. The number of hydrogen-bond acceptors (Lipinski definition) is 4. The molecule has 2 rings (SSSR count). The zero-order valence-electron chi connectivity index (χ0n) is 10.9. The molecule has 108 valence electrons. The van der Waals surface area contributed by atoms with Crippen molar-refractivity contribution in [3.8, 4) is 0 Å². The summed E-state index contributed by atoms with van der Waals surface area (Å²) in [7, 11) is 1.79. The summed E-state index contributed by atoms with van der Waals surface area (Å²) in [6.45, 7) is 0.679. The first-order valence-corrected chi connectivity index (χ1v) is 6.12. The van der Waals surface area contributed by atoms with Gasteiger partial charge in [0.05, 0.1) is 12.0 Å². The molecule has 0 amide bonds. The monoisotopic (exact) mass is 285 g/mol. The molecule has 0 atom stereocenters. The predicted molar refractivity (Wildman–Crippen MR) is 66.2 cm³/mol. The van der Waals surface area contributed by atoms with E-state index >= 15 is 0 Å². The van der Waals surface area contributed by atoms with Gasteiger partial charge in [0.25, 0.3) is 0 Å². The fourth-order valence-electron chi connectivity index (χ4n) is 1.81. The van der Waals surface area contributed by atoms with Crippen molar-refractivity contribution in [1.82, 2.24) is 15.5 Å². The summed E-state index contributed by atoms with van der Waals surface area (Å²) < 4.78 is 43.5. The fraction of sp³-hybridized carbons (Fsp3) is 0.385. The van der Waals surface area contributed by atoms with Crippen molar-refractivity contribution in [3.05, 3.63) is 47.1 Å². The van der Waals surface area contributed by atoms with Gasteiger partial charge in [-0.1, -0.05) is 23.4 Å². The van der Waals surface area contributed by atoms with E-state index in [1.807, 2.05) is 0 Å². The minimum atomic E-state index is -4.38. The molecule has 0 aliphatic heterocycles. The number of nitrogens with one attached hydrogen (secondary N) is 1. The molecule has 0 saturated carbocycles. The Kier molecular flexibility index (Phi) is 4.39. The number of alkyl halides is 3.